The van der Waals surface area contributed by atoms with E-state index in [0.717, 1.165) is 28.7 Å². The van der Waals surface area contributed by atoms with Gasteiger partial charge in [0.2, 0.25) is 15.9 Å². The molecule has 10 nitrogen and oxygen atoms in total. The molecule has 37 heavy (non-hydrogen) atoms. The number of piperidine rings is 1. The number of likely N-dealkylation sites (tertiary alicyclic amines) is 1. The number of nitrogens with zero attached hydrogens (tertiary/aromatic N) is 2. The third kappa shape index (κ3) is 5.94. The number of hydrogen-bond donors (Lipinski definition) is 4. The molecule has 6 N–H and O–H groups in total. The lowest BCUT2D eigenvalue weighted by molar-refractivity contribution is -0.153. The summed E-state index contributed by atoms with van der Waals surface area (Å²) < 4.78 is 29.5. The number of aliphatic carboxylic acids is 1. The molecule has 3 unspecified atom stereocenters. The van der Waals surface area contributed by atoms with Gasteiger partial charge < -0.3 is 21.5 Å². The Hall–Kier alpha value is -3.44. The summed E-state index contributed by atoms with van der Waals surface area (Å²) in [5.41, 5.74) is 14.8. The number of carboxylic acids is 1. The number of carbonyl (C=O) groups is 2. The molecular formula is C26H33N5O5S. The average Bonchev–Trinajstić information content (AvgIpc) is 3.23. The van der Waals surface area contributed by atoms with Crippen molar-refractivity contribution in [3.63, 3.8) is 0 Å². The van der Waals surface area contributed by atoms with Crippen LogP contribution in [-0.2, 0) is 26.0 Å². The van der Waals surface area contributed by atoms with E-state index in [4.69, 9.17) is 11.5 Å². The average molecular weight is 528 g/mol. The number of guanidine groups is 1. The van der Waals surface area contributed by atoms with E-state index in [2.05, 4.69) is 9.71 Å². The zero-order chi connectivity index (χ0) is 26.7. The van der Waals surface area contributed by atoms with E-state index >= 15 is 0 Å². The van der Waals surface area contributed by atoms with E-state index in [1.807, 2.05) is 31.2 Å². The van der Waals surface area contributed by atoms with Crippen LogP contribution < -0.4 is 16.2 Å². The fraction of sp³-hybridized carbons (Fsp3) is 0.423. The van der Waals surface area contributed by atoms with Crippen molar-refractivity contribution in [2.75, 3.05) is 13.1 Å². The molecule has 0 radical (unpaired) electrons. The molecule has 4 rings (SSSR count). The van der Waals surface area contributed by atoms with Gasteiger partial charge in [-0.3, -0.25) is 9.79 Å². The largest absolute Gasteiger partial charge is 0.480 e. The Kier molecular flexibility index (Phi) is 7.84. The first-order valence-corrected chi connectivity index (χ1v) is 13.9. The fourth-order valence-corrected chi connectivity index (χ4v) is 6.35. The third-order valence-corrected chi connectivity index (χ3v) is 8.52. The van der Waals surface area contributed by atoms with Crippen LogP contribution in [0.15, 0.2) is 52.4 Å². The molecule has 1 amide bonds. The van der Waals surface area contributed by atoms with Gasteiger partial charge in [0, 0.05) is 13.1 Å². The van der Waals surface area contributed by atoms with Crippen LogP contribution in [0, 0.1) is 5.92 Å². The molecule has 0 bridgehead atoms. The number of fused-ring (bicyclic) bond motifs is 3. The second-order valence-electron chi connectivity index (χ2n) is 9.79. The monoisotopic (exact) mass is 527 g/mol. The lowest BCUT2D eigenvalue weighted by Crippen LogP contribution is -2.56. The van der Waals surface area contributed by atoms with Crippen LogP contribution in [0.3, 0.4) is 0 Å². The summed E-state index contributed by atoms with van der Waals surface area (Å²) in [5, 5.41) is 9.73. The van der Waals surface area contributed by atoms with Gasteiger partial charge in [0.1, 0.15) is 12.1 Å². The third-order valence-electron chi connectivity index (χ3n) is 7.05. The van der Waals surface area contributed by atoms with Gasteiger partial charge in [-0.2, -0.15) is 4.72 Å². The molecule has 11 heteroatoms. The molecule has 198 valence electrons. The molecule has 1 aliphatic heterocycles. The Labute approximate surface area is 216 Å². The van der Waals surface area contributed by atoms with Gasteiger partial charge in [0.15, 0.2) is 5.96 Å². The van der Waals surface area contributed by atoms with Crippen LogP contribution in [0.5, 0.6) is 0 Å². The van der Waals surface area contributed by atoms with Gasteiger partial charge in [-0.15, -0.1) is 0 Å². The number of amides is 1. The Morgan fingerprint density at radius 1 is 1.16 bits per heavy atom. The van der Waals surface area contributed by atoms with Crippen molar-refractivity contribution in [2.24, 2.45) is 22.4 Å². The highest BCUT2D eigenvalue weighted by Gasteiger charge is 2.38. The van der Waals surface area contributed by atoms with Crippen LogP contribution in [0.1, 0.15) is 43.7 Å². The van der Waals surface area contributed by atoms with E-state index < -0.39 is 34.0 Å². The Morgan fingerprint density at radius 2 is 1.89 bits per heavy atom. The molecule has 1 heterocycles. The number of sulfonamides is 1. The smallest absolute Gasteiger partial charge is 0.326 e. The van der Waals surface area contributed by atoms with Crippen LogP contribution in [-0.4, -0.2) is 61.4 Å². The number of rotatable bonds is 9. The van der Waals surface area contributed by atoms with E-state index in [1.54, 1.807) is 12.1 Å². The minimum absolute atomic E-state index is 0.0482. The van der Waals surface area contributed by atoms with Crippen molar-refractivity contribution in [2.45, 2.75) is 56.0 Å². The van der Waals surface area contributed by atoms with Gasteiger partial charge in [0.25, 0.3) is 0 Å². The number of benzene rings is 2. The number of carbonyl (C=O) groups excluding carboxylic acids is 1. The summed E-state index contributed by atoms with van der Waals surface area (Å²) in [5.74, 6) is -1.60. The van der Waals surface area contributed by atoms with Crippen LogP contribution >= 0.6 is 0 Å². The second kappa shape index (κ2) is 10.9. The maximum absolute atomic E-state index is 13.6. The van der Waals surface area contributed by atoms with E-state index in [-0.39, 0.29) is 36.3 Å². The highest BCUT2D eigenvalue weighted by Crippen LogP contribution is 2.37. The molecule has 0 aromatic heterocycles. The summed E-state index contributed by atoms with van der Waals surface area (Å²) in [6, 6.07) is 10.7. The molecular weight excluding hydrogens is 494 g/mol. The molecule has 2 aliphatic rings. The SMILES string of the molecule is CC1CCN(C(=O)C(CCCN=C(N)N)NS(=O)(=O)c2ccc3c(c2)-c2ccccc2C3)C(C(=O)O)C1. The Morgan fingerprint density at radius 3 is 2.62 bits per heavy atom. The summed E-state index contributed by atoms with van der Waals surface area (Å²) >= 11 is 0. The van der Waals surface area contributed by atoms with E-state index in [0.29, 0.717) is 19.3 Å². The highest BCUT2D eigenvalue weighted by atomic mass is 32.2. The zero-order valence-corrected chi connectivity index (χ0v) is 21.6. The maximum Gasteiger partial charge on any atom is 0.326 e. The predicted octanol–water partition coefficient (Wildman–Crippen LogP) is 1.67. The van der Waals surface area contributed by atoms with Gasteiger partial charge in [-0.1, -0.05) is 37.3 Å². The molecule has 2 aromatic carbocycles. The molecule has 3 atom stereocenters. The maximum atomic E-state index is 13.6. The minimum Gasteiger partial charge on any atom is -0.480 e. The molecule has 0 saturated carbocycles. The van der Waals surface area contributed by atoms with E-state index in [1.165, 1.54) is 11.0 Å². The fourth-order valence-electron chi connectivity index (χ4n) is 5.10. The first kappa shape index (κ1) is 26.6. The normalized spacial score (nSPS) is 19.5. The summed E-state index contributed by atoms with van der Waals surface area (Å²) in [4.78, 5) is 30.7. The van der Waals surface area contributed by atoms with Gasteiger partial charge in [-0.05, 0) is 72.4 Å². The Bertz CT molecular complexity index is 1320. The summed E-state index contributed by atoms with van der Waals surface area (Å²) in [7, 11) is -4.10. The second-order valence-corrected chi connectivity index (χ2v) is 11.5. The van der Waals surface area contributed by atoms with Crippen molar-refractivity contribution in [1.82, 2.24) is 9.62 Å². The minimum atomic E-state index is -4.10. The van der Waals surface area contributed by atoms with E-state index in [9.17, 15) is 23.1 Å². The standard InChI is InChI=1S/C26H33N5O5S/c1-16-10-12-31(23(13-16)25(33)34)24(32)22(7-4-11-29-26(27)28)30-37(35,36)19-9-8-18-14-17-5-2-3-6-20(17)21(18)15-19/h2-3,5-6,8-9,15-16,22-23,30H,4,7,10-14H2,1H3,(H,33,34)(H4,27,28,29). The van der Waals surface area contributed by atoms with Crippen LogP contribution in [0.2, 0.25) is 0 Å². The first-order chi connectivity index (χ1) is 17.6. The number of nitrogens with two attached hydrogens (primary N) is 2. The molecule has 1 aliphatic carbocycles. The van der Waals surface area contributed by atoms with Crippen LogP contribution in [0.4, 0.5) is 0 Å². The van der Waals surface area contributed by atoms with Crippen molar-refractivity contribution in [3.05, 3.63) is 53.6 Å². The first-order valence-electron chi connectivity index (χ1n) is 12.4. The molecule has 0 spiro atoms. The van der Waals surface area contributed by atoms with Crippen molar-refractivity contribution < 1.29 is 23.1 Å². The van der Waals surface area contributed by atoms with Crippen molar-refractivity contribution in [3.8, 4) is 11.1 Å². The number of nitrogens with one attached hydrogen (secondary N) is 1. The van der Waals surface area contributed by atoms with Crippen molar-refractivity contribution in [1.29, 1.82) is 0 Å². The van der Waals surface area contributed by atoms with Gasteiger partial charge in [0.05, 0.1) is 4.90 Å². The van der Waals surface area contributed by atoms with Crippen LogP contribution in [0.25, 0.3) is 11.1 Å². The van der Waals surface area contributed by atoms with Crippen molar-refractivity contribution >= 4 is 27.9 Å². The number of aliphatic imine (C=N–C) groups is 1. The summed E-state index contributed by atoms with van der Waals surface area (Å²) in [6.07, 6.45) is 2.14. The van der Waals surface area contributed by atoms with Gasteiger partial charge in [-0.25, -0.2) is 13.2 Å². The predicted molar refractivity (Wildman–Crippen MR) is 140 cm³/mol. The number of hydrogen-bond acceptors (Lipinski definition) is 5. The molecule has 1 fully saturated rings. The lowest BCUT2D eigenvalue weighted by atomic mass is 9.91. The lowest BCUT2D eigenvalue weighted by Gasteiger charge is -2.38. The molecule has 1 saturated heterocycles. The zero-order valence-electron chi connectivity index (χ0n) is 20.8. The Balaban J connectivity index is 1.60. The quantitative estimate of drug-likeness (QED) is 0.186. The summed E-state index contributed by atoms with van der Waals surface area (Å²) in [6.45, 7) is 2.40. The highest BCUT2D eigenvalue weighted by molar-refractivity contribution is 7.89. The molecule has 2 aromatic rings. The number of carboxylic acid groups (broad SMARTS) is 1. The topological polar surface area (TPSA) is 168 Å². The van der Waals surface area contributed by atoms with Gasteiger partial charge >= 0.3 is 5.97 Å².